The predicted molar refractivity (Wildman–Crippen MR) is 56.7 cm³/mol. The van der Waals surface area contributed by atoms with Crippen molar-refractivity contribution < 1.29 is 9.00 Å². The summed E-state index contributed by atoms with van der Waals surface area (Å²) < 4.78 is 11.2. The molecule has 0 saturated carbocycles. The van der Waals surface area contributed by atoms with Gasteiger partial charge in [0, 0.05) is 54.3 Å². The number of hydrogen-bond acceptors (Lipinski definition) is 3. The quantitative estimate of drug-likeness (QED) is 0.641. The Morgan fingerprint density at radius 1 is 1.14 bits per heavy atom. The number of Topliss-reactive ketones (excluding diaryl/α,β-unsaturated/α-hetero) is 1. The lowest BCUT2D eigenvalue weighted by Gasteiger charge is -2.35. The van der Waals surface area contributed by atoms with Crippen molar-refractivity contribution in [3.63, 3.8) is 0 Å². The smallest absolute Gasteiger partial charge is 0.135 e. The lowest BCUT2D eigenvalue weighted by Crippen LogP contribution is -2.44. The lowest BCUT2D eigenvalue weighted by atomic mass is 10.0. The molecular formula is C10H17NO2S. The number of piperidine rings is 1. The molecule has 0 unspecified atom stereocenters. The normalized spacial score (nSPS) is 35.9. The molecule has 2 saturated heterocycles. The van der Waals surface area contributed by atoms with Gasteiger partial charge in [0.25, 0.3) is 0 Å². The number of carbonyl (C=O) groups excluding carboxylic acids is 1. The number of carbonyl (C=O) groups is 1. The van der Waals surface area contributed by atoms with Crippen molar-refractivity contribution in [3.05, 3.63) is 0 Å². The van der Waals surface area contributed by atoms with Crippen LogP contribution in [0.25, 0.3) is 0 Å². The highest BCUT2D eigenvalue weighted by atomic mass is 32.2. The van der Waals surface area contributed by atoms with Crippen molar-refractivity contribution >= 4 is 16.6 Å². The number of nitrogens with zero attached hydrogens (tertiary/aromatic N) is 1. The van der Waals surface area contributed by atoms with Crippen molar-refractivity contribution in [2.45, 2.75) is 31.7 Å². The van der Waals surface area contributed by atoms with E-state index in [9.17, 15) is 9.00 Å². The van der Waals surface area contributed by atoms with Crippen molar-refractivity contribution in [3.8, 4) is 0 Å². The van der Waals surface area contributed by atoms with Gasteiger partial charge in [0.1, 0.15) is 5.78 Å². The molecule has 0 aromatic carbocycles. The van der Waals surface area contributed by atoms with Crippen molar-refractivity contribution in [1.82, 2.24) is 4.90 Å². The Bertz CT molecular complexity index is 209. The molecule has 2 rings (SSSR count). The summed E-state index contributed by atoms with van der Waals surface area (Å²) in [5, 5.41) is 0. The molecule has 4 heteroatoms. The van der Waals surface area contributed by atoms with Gasteiger partial charge in [-0.1, -0.05) is 0 Å². The van der Waals surface area contributed by atoms with Crippen LogP contribution in [-0.2, 0) is 15.6 Å². The van der Waals surface area contributed by atoms with Crippen LogP contribution in [0.15, 0.2) is 0 Å². The first-order valence-corrected chi connectivity index (χ1v) is 6.85. The van der Waals surface area contributed by atoms with Crippen LogP contribution in [0, 0.1) is 0 Å². The molecule has 80 valence electrons. The Balaban J connectivity index is 1.83. The predicted octanol–water partition coefficient (Wildman–Crippen LogP) is 0.562. The van der Waals surface area contributed by atoms with Gasteiger partial charge in [0.15, 0.2) is 0 Å². The highest BCUT2D eigenvalue weighted by molar-refractivity contribution is 7.85. The van der Waals surface area contributed by atoms with Gasteiger partial charge in [-0.3, -0.25) is 13.9 Å². The van der Waals surface area contributed by atoms with Crippen LogP contribution in [-0.4, -0.2) is 45.5 Å². The van der Waals surface area contributed by atoms with Crippen LogP contribution >= 0.6 is 0 Å². The van der Waals surface area contributed by atoms with Crippen LogP contribution in [0.3, 0.4) is 0 Å². The molecule has 0 N–H and O–H groups in total. The van der Waals surface area contributed by atoms with Gasteiger partial charge in [0.2, 0.25) is 0 Å². The Labute approximate surface area is 87.3 Å². The van der Waals surface area contributed by atoms with Gasteiger partial charge >= 0.3 is 0 Å². The summed E-state index contributed by atoms with van der Waals surface area (Å²) in [6.07, 6.45) is 3.56. The summed E-state index contributed by atoms with van der Waals surface area (Å²) >= 11 is 0. The van der Waals surface area contributed by atoms with Crippen molar-refractivity contribution in [2.24, 2.45) is 0 Å². The van der Waals surface area contributed by atoms with E-state index >= 15 is 0 Å². The first kappa shape index (κ1) is 10.3. The van der Waals surface area contributed by atoms with Crippen molar-refractivity contribution in [1.29, 1.82) is 0 Å². The standard InChI is InChI=1S/C10H17NO2S/c12-10-1-5-11(6-2-10)9-3-7-14(13)8-4-9/h9H,1-8H2. The minimum Gasteiger partial charge on any atom is -0.300 e. The third-order valence-electron chi connectivity index (χ3n) is 3.23. The maximum absolute atomic E-state index is 11.2. The molecule has 0 atom stereocenters. The van der Waals surface area contributed by atoms with E-state index in [1.54, 1.807) is 0 Å². The number of hydrogen-bond donors (Lipinski definition) is 0. The average molecular weight is 215 g/mol. The maximum atomic E-state index is 11.2. The zero-order chi connectivity index (χ0) is 9.97. The summed E-state index contributed by atoms with van der Waals surface area (Å²) in [5.74, 6) is 2.12. The highest BCUT2D eigenvalue weighted by Gasteiger charge is 2.26. The molecule has 3 nitrogen and oxygen atoms in total. The van der Waals surface area contributed by atoms with Crippen LogP contribution in [0.5, 0.6) is 0 Å². The number of rotatable bonds is 1. The molecule has 0 bridgehead atoms. The minimum absolute atomic E-state index is 0.403. The van der Waals surface area contributed by atoms with Crippen LogP contribution in [0.1, 0.15) is 25.7 Å². The second-order valence-electron chi connectivity index (χ2n) is 4.15. The monoisotopic (exact) mass is 215 g/mol. The third-order valence-corrected chi connectivity index (χ3v) is 4.61. The molecule has 0 aromatic heterocycles. The first-order chi connectivity index (χ1) is 6.75. The highest BCUT2D eigenvalue weighted by Crippen LogP contribution is 2.19. The van der Waals surface area contributed by atoms with Gasteiger partial charge in [0.05, 0.1) is 0 Å². The van der Waals surface area contributed by atoms with E-state index in [4.69, 9.17) is 0 Å². The minimum atomic E-state index is -0.566. The Morgan fingerprint density at radius 3 is 2.29 bits per heavy atom. The summed E-state index contributed by atoms with van der Waals surface area (Å²) in [5.41, 5.74) is 0. The molecule has 0 spiro atoms. The summed E-state index contributed by atoms with van der Waals surface area (Å²) in [4.78, 5) is 13.5. The van der Waals surface area contributed by atoms with E-state index in [0.717, 1.165) is 50.3 Å². The molecule has 0 radical (unpaired) electrons. The third kappa shape index (κ3) is 2.42. The van der Waals surface area contributed by atoms with E-state index in [-0.39, 0.29) is 0 Å². The zero-order valence-corrected chi connectivity index (χ0v) is 9.22. The van der Waals surface area contributed by atoms with Crippen LogP contribution in [0.4, 0.5) is 0 Å². The molecule has 14 heavy (non-hydrogen) atoms. The van der Waals surface area contributed by atoms with E-state index in [1.807, 2.05) is 0 Å². The summed E-state index contributed by atoms with van der Waals surface area (Å²) in [6.45, 7) is 1.85. The van der Waals surface area contributed by atoms with Crippen LogP contribution in [0.2, 0.25) is 0 Å². The second kappa shape index (κ2) is 4.53. The summed E-state index contributed by atoms with van der Waals surface area (Å²) in [7, 11) is -0.566. The van der Waals surface area contributed by atoms with Crippen LogP contribution < -0.4 is 0 Å². The van der Waals surface area contributed by atoms with Crippen molar-refractivity contribution in [2.75, 3.05) is 24.6 Å². The van der Waals surface area contributed by atoms with Gasteiger partial charge in [-0.2, -0.15) is 0 Å². The molecule has 2 aliphatic heterocycles. The largest absolute Gasteiger partial charge is 0.300 e. The number of ketones is 1. The number of likely N-dealkylation sites (tertiary alicyclic amines) is 1. The SMILES string of the molecule is O=C1CCN(C2CCS(=O)CC2)CC1. The molecule has 0 amide bonds. The molecule has 2 heterocycles. The van der Waals surface area contributed by atoms with Gasteiger partial charge in [-0.25, -0.2) is 0 Å². The first-order valence-electron chi connectivity index (χ1n) is 5.36. The zero-order valence-electron chi connectivity index (χ0n) is 8.41. The van der Waals surface area contributed by atoms with E-state index in [1.165, 1.54) is 0 Å². The van der Waals surface area contributed by atoms with E-state index < -0.39 is 10.8 Å². The second-order valence-corrected chi connectivity index (χ2v) is 5.85. The fraction of sp³-hybridized carbons (Fsp3) is 0.900. The Hall–Kier alpha value is -0.220. The Kier molecular flexibility index (Phi) is 3.34. The fourth-order valence-corrected chi connectivity index (χ4v) is 3.56. The molecule has 2 fully saturated rings. The van der Waals surface area contributed by atoms with E-state index in [2.05, 4.69) is 4.90 Å². The van der Waals surface area contributed by atoms with Gasteiger partial charge in [-0.05, 0) is 12.8 Å². The molecule has 0 aromatic rings. The maximum Gasteiger partial charge on any atom is 0.135 e. The lowest BCUT2D eigenvalue weighted by molar-refractivity contribution is -0.121. The average Bonchev–Trinajstić information content (AvgIpc) is 2.21. The van der Waals surface area contributed by atoms with Gasteiger partial charge < -0.3 is 0 Å². The van der Waals surface area contributed by atoms with E-state index in [0.29, 0.717) is 11.8 Å². The molecule has 2 aliphatic rings. The summed E-state index contributed by atoms with van der Waals surface area (Å²) in [6, 6.07) is 0.598. The van der Waals surface area contributed by atoms with Gasteiger partial charge in [-0.15, -0.1) is 0 Å². The molecule has 0 aliphatic carbocycles. The fourth-order valence-electron chi connectivity index (χ4n) is 2.29. The topological polar surface area (TPSA) is 37.4 Å². The molecular weight excluding hydrogens is 198 g/mol. The Morgan fingerprint density at radius 2 is 1.71 bits per heavy atom.